The molecule has 3 rings (SSSR count). The van der Waals surface area contributed by atoms with Crippen molar-refractivity contribution in [2.75, 3.05) is 17.2 Å². The van der Waals surface area contributed by atoms with E-state index in [0.717, 1.165) is 17.5 Å². The van der Waals surface area contributed by atoms with Gasteiger partial charge in [-0.15, -0.1) is 0 Å². The van der Waals surface area contributed by atoms with Crippen LogP contribution in [0.4, 0.5) is 36.3 Å². The van der Waals surface area contributed by atoms with Gasteiger partial charge in [0.25, 0.3) is 0 Å². The number of hydrogen-bond donors (Lipinski definition) is 2. The van der Waals surface area contributed by atoms with Gasteiger partial charge in [0.05, 0.1) is 17.9 Å². The molecule has 146 valence electrons. The molecule has 28 heavy (non-hydrogen) atoms. The zero-order valence-electron chi connectivity index (χ0n) is 15.3. The van der Waals surface area contributed by atoms with Crippen LogP contribution < -0.4 is 15.4 Å². The summed E-state index contributed by atoms with van der Waals surface area (Å²) in [6.07, 6.45) is -4.48. The maximum Gasteiger partial charge on any atom is 0.418 e. The molecule has 0 amide bonds. The van der Waals surface area contributed by atoms with Crippen molar-refractivity contribution in [2.45, 2.75) is 20.0 Å². The number of ether oxygens (including phenoxy) is 1. The highest BCUT2D eigenvalue weighted by molar-refractivity contribution is 5.63. The van der Waals surface area contributed by atoms with Crippen molar-refractivity contribution in [1.82, 2.24) is 9.97 Å². The van der Waals surface area contributed by atoms with E-state index < -0.39 is 11.7 Å². The Morgan fingerprint density at radius 3 is 2.36 bits per heavy atom. The molecule has 0 fully saturated rings. The number of halogens is 3. The molecule has 8 heteroatoms. The Labute approximate surface area is 160 Å². The van der Waals surface area contributed by atoms with Crippen molar-refractivity contribution < 1.29 is 17.9 Å². The Morgan fingerprint density at radius 2 is 1.68 bits per heavy atom. The van der Waals surface area contributed by atoms with Gasteiger partial charge >= 0.3 is 6.18 Å². The van der Waals surface area contributed by atoms with Crippen LogP contribution in [0.1, 0.15) is 18.2 Å². The van der Waals surface area contributed by atoms with Gasteiger partial charge in [-0.1, -0.05) is 12.1 Å². The molecular formula is C20H19F3N4O. The summed E-state index contributed by atoms with van der Waals surface area (Å²) in [5.74, 6) is 1.28. The second kappa shape index (κ2) is 8.16. The van der Waals surface area contributed by atoms with E-state index in [1.807, 2.05) is 31.2 Å². The Hall–Kier alpha value is -3.29. The second-order valence-electron chi connectivity index (χ2n) is 5.97. The summed E-state index contributed by atoms with van der Waals surface area (Å²) >= 11 is 0. The summed E-state index contributed by atoms with van der Waals surface area (Å²) in [5.41, 5.74) is 0.493. The topological polar surface area (TPSA) is 59.1 Å². The van der Waals surface area contributed by atoms with Gasteiger partial charge in [-0.25, -0.2) is 4.98 Å². The number of benzene rings is 2. The van der Waals surface area contributed by atoms with E-state index in [9.17, 15) is 13.2 Å². The Balaban J connectivity index is 1.82. The van der Waals surface area contributed by atoms with E-state index in [1.165, 1.54) is 18.2 Å². The lowest BCUT2D eigenvalue weighted by molar-refractivity contribution is -0.136. The van der Waals surface area contributed by atoms with Gasteiger partial charge in [0.2, 0.25) is 5.95 Å². The Kier molecular flexibility index (Phi) is 5.67. The average molecular weight is 388 g/mol. The van der Waals surface area contributed by atoms with E-state index in [4.69, 9.17) is 4.74 Å². The first-order valence-corrected chi connectivity index (χ1v) is 8.64. The molecule has 0 saturated heterocycles. The monoisotopic (exact) mass is 388 g/mol. The summed E-state index contributed by atoms with van der Waals surface area (Å²) in [4.78, 5) is 8.46. The third-order valence-electron chi connectivity index (χ3n) is 3.77. The first kappa shape index (κ1) is 19.5. The molecule has 0 bridgehead atoms. The first-order valence-electron chi connectivity index (χ1n) is 8.64. The molecular weight excluding hydrogens is 369 g/mol. The maximum absolute atomic E-state index is 13.2. The highest BCUT2D eigenvalue weighted by atomic mass is 19.4. The van der Waals surface area contributed by atoms with Crippen molar-refractivity contribution in [3.8, 4) is 5.75 Å². The normalized spacial score (nSPS) is 11.2. The van der Waals surface area contributed by atoms with E-state index in [2.05, 4.69) is 20.6 Å². The minimum Gasteiger partial charge on any atom is -0.494 e. The van der Waals surface area contributed by atoms with Gasteiger partial charge in [-0.3, -0.25) is 0 Å². The predicted molar refractivity (Wildman–Crippen MR) is 102 cm³/mol. The van der Waals surface area contributed by atoms with Crippen LogP contribution in [0, 0.1) is 6.92 Å². The predicted octanol–water partition coefficient (Wildman–Crippen LogP) is 5.69. The fourth-order valence-corrected chi connectivity index (χ4v) is 2.60. The van der Waals surface area contributed by atoms with Crippen LogP contribution in [0.25, 0.3) is 0 Å². The minimum absolute atomic E-state index is 0.0742. The summed E-state index contributed by atoms with van der Waals surface area (Å²) in [7, 11) is 0. The van der Waals surface area contributed by atoms with Gasteiger partial charge in [0.15, 0.2) is 0 Å². The highest BCUT2D eigenvalue weighted by Crippen LogP contribution is 2.35. The number of aromatic nitrogens is 2. The lowest BCUT2D eigenvalue weighted by Gasteiger charge is -2.14. The molecule has 2 aromatic carbocycles. The second-order valence-corrected chi connectivity index (χ2v) is 5.97. The number of alkyl halides is 3. The number of nitrogens with one attached hydrogen (secondary N) is 2. The minimum atomic E-state index is -4.48. The maximum atomic E-state index is 13.2. The molecule has 3 aromatic rings. The summed E-state index contributed by atoms with van der Waals surface area (Å²) < 4.78 is 44.9. The largest absolute Gasteiger partial charge is 0.494 e. The van der Waals surface area contributed by atoms with Gasteiger partial charge in [0, 0.05) is 17.4 Å². The van der Waals surface area contributed by atoms with Crippen LogP contribution in [0.2, 0.25) is 0 Å². The van der Waals surface area contributed by atoms with Crippen LogP contribution in [-0.4, -0.2) is 16.6 Å². The van der Waals surface area contributed by atoms with Crippen molar-refractivity contribution in [3.05, 3.63) is 65.9 Å². The fourth-order valence-electron chi connectivity index (χ4n) is 2.60. The molecule has 0 spiro atoms. The molecule has 2 N–H and O–H groups in total. The smallest absolute Gasteiger partial charge is 0.418 e. The van der Waals surface area contributed by atoms with Gasteiger partial charge in [0.1, 0.15) is 11.6 Å². The van der Waals surface area contributed by atoms with E-state index >= 15 is 0 Å². The Morgan fingerprint density at radius 1 is 0.964 bits per heavy atom. The standard InChI is InChI=1S/C20H19F3N4O/c1-3-28-15-10-8-14(9-11-15)25-18-12-13(2)24-19(27-18)26-17-7-5-4-6-16(17)20(21,22)23/h4-12H,3H2,1-2H3,(H2,24,25,26,27). The molecule has 0 radical (unpaired) electrons. The molecule has 0 aliphatic heterocycles. The highest BCUT2D eigenvalue weighted by Gasteiger charge is 2.33. The molecule has 1 heterocycles. The molecule has 0 atom stereocenters. The van der Waals surface area contributed by atoms with Crippen molar-refractivity contribution in [2.24, 2.45) is 0 Å². The zero-order chi connectivity index (χ0) is 20.1. The van der Waals surface area contributed by atoms with Crippen LogP contribution in [0.3, 0.4) is 0 Å². The summed E-state index contributed by atoms with van der Waals surface area (Å²) in [6.45, 7) is 4.22. The summed E-state index contributed by atoms with van der Waals surface area (Å²) in [5, 5.41) is 5.79. The number of rotatable bonds is 6. The van der Waals surface area contributed by atoms with Crippen LogP contribution >= 0.6 is 0 Å². The van der Waals surface area contributed by atoms with Crippen LogP contribution in [0.15, 0.2) is 54.6 Å². The molecule has 1 aromatic heterocycles. The van der Waals surface area contributed by atoms with Crippen LogP contribution in [-0.2, 0) is 6.18 Å². The molecule has 0 unspecified atom stereocenters. The first-order chi connectivity index (χ1) is 13.3. The van der Waals surface area contributed by atoms with Crippen LogP contribution in [0.5, 0.6) is 5.75 Å². The van der Waals surface area contributed by atoms with Gasteiger partial charge in [-0.2, -0.15) is 18.2 Å². The molecule has 0 aliphatic carbocycles. The number of para-hydroxylation sites is 1. The third kappa shape index (κ3) is 4.91. The van der Waals surface area contributed by atoms with Gasteiger partial charge < -0.3 is 15.4 Å². The van der Waals surface area contributed by atoms with Crippen molar-refractivity contribution >= 4 is 23.1 Å². The van der Waals surface area contributed by atoms with E-state index in [0.29, 0.717) is 18.1 Å². The lowest BCUT2D eigenvalue weighted by Crippen LogP contribution is -2.10. The number of nitrogens with zero attached hydrogens (tertiary/aromatic N) is 2. The average Bonchev–Trinajstić information content (AvgIpc) is 2.63. The molecule has 0 aliphatic rings. The fraction of sp³-hybridized carbons (Fsp3) is 0.200. The Bertz CT molecular complexity index is 943. The quantitative estimate of drug-likeness (QED) is 0.568. The zero-order valence-corrected chi connectivity index (χ0v) is 15.3. The molecule has 5 nitrogen and oxygen atoms in total. The number of hydrogen-bond acceptors (Lipinski definition) is 5. The third-order valence-corrected chi connectivity index (χ3v) is 3.77. The molecule has 0 saturated carbocycles. The van der Waals surface area contributed by atoms with E-state index in [1.54, 1.807) is 13.0 Å². The summed E-state index contributed by atoms with van der Waals surface area (Å²) in [6, 6.07) is 14.2. The van der Waals surface area contributed by atoms with Crippen molar-refractivity contribution in [1.29, 1.82) is 0 Å². The SMILES string of the molecule is CCOc1ccc(Nc2cc(C)nc(Nc3ccccc3C(F)(F)F)n2)cc1. The van der Waals surface area contributed by atoms with Crippen molar-refractivity contribution in [3.63, 3.8) is 0 Å². The van der Waals surface area contributed by atoms with E-state index in [-0.39, 0.29) is 11.6 Å². The lowest BCUT2D eigenvalue weighted by atomic mass is 10.1. The number of aryl methyl sites for hydroxylation is 1. The van der Waals surface area contributed by atoms with Gasteiger partial charge in [-0.05, 0) is 50.2 Å². The number of anilines is 4.